The van der Waals surface area contributed by atoms with Crippen LogP contribution in [0, 0.1) is 0 Å². The van der Waals surface area contributed by atoms with E-state index in [9.17, 15) is 9.90 Å². The Morgan fingerprint density at radius 1 is 1.05 bits per heavy atom. The Balaban J connectivity index is 3.37. The predicted molar refractivity (Wildman–Crippen MR) is 89.9 cm³/mol. The molecule has 0 heterocycles. The zero-order chi connectivity index (χ0) is 15.8. The summed E-state index contributed by atoms with van der Waals surface area (Å²) in [7, 11) is 0. The Labute approximate surface area is 130 Å². The molecule has 21 heavy (non-hydrogen) atoms. The van der Waals surface area contributed by atoms with E-state index < -0.39 is 0 Å². The number of hydrogen-bond donors (Lipinski definition) is 2. The van der Waals surface area contributed by atoms with Gasteiger partial charge in [0.1, 0.15) is 0 Å². The average Bonchev–Trinajstić information content (AvgIpc) is 2.44. The van der Waals surface area contributed by atoms with Crippen molar-refractivity contribution in [3.8, 4) is 0 Å². The minimum absolute atomic E-state index is 0.193. The molecule has 0 aromatic rings. The fourth-order valence-corrected chi connectivity index (χ4v) is 2.16. The molecule has 0 saturated heterocycles. The van der Waals surface area contributed by atoms with E-state index in [0.29, 0.717) is 6.42 Å². The van der Waals surface area contributed by atoms with Crippen molar-refractivity contribution >= 4 is 5.91 Å². The van der Waals surface area contributed by atoms with Gasteiger partial charge >= 0.3 is 0 Å². The van der Waals surface area contributed by atoms with E-state index in [1.54, 1.807) is 0 Å². The summed E-state index contributed by atoms with van der Waals surface area (Å²) in [5.41, 5.74) is 5.08. The second-order valence-electron chi connectivity index (χ2n) is 5.65. The van der Waals surface area contributed by atoms with E-state index in [1.807, 2.05) is 18.2 Å². The number of carbonyl (C=O) groups is 1. The summed E-state index contributed by atoms with van der Waals surface area (Å²) >= 11 is 0. The van der Waals surface area contributed by atoms with Crippen molar-refractivity contribution in [3.63, 3.8) is 0 Å². The molecule has 0 aromatic carbocycles. The maximum Gasteiger partial charge on any atom is 0.217 e. The van der Waals surface area contributed by atoms with E-state index in [-0.39, 0.29) is 12.0 Å². The van der Waals surface area contributed by atoms with Crippen molar-refractivity contribution < 1.29 is 9.90 Å². The molecule has 3 nitrogen and oxygen atoms in total. The van der Waals surface area contributed by atoms with Crippen LogP contribution < -0.4 is 5.73 Å². The number of aliphatic hydroxyl groups excluding tert-OH is 1. The van der Waals surface area contributed by atoms with Crippen molar-refractivity contribution in [1.29, 1.82) is 0 Å². The minimum atomic E-state index is -0.300. The van der Waals surface area contributed by atoms with Gasteiger partial charge in [0, 0.05) is 6.42 Å². The van der Waals surface area contributed by atoms with Crippen LogP contribution in [-0.2, 0) is 4.79 Å². The fraction of sp³-hybridized carbons (Fsp3) is 0.722. The Morgan fingerprint density at radius 3 is 2.48 bits per heavy atom. The number of unbranched alkanes of at least 4 members (excludes halogenated alkanes) is 7. The van der Waals surface area contributed by atoms with E-state index in [2.05, 4.69) is 13.0 Å². The molecule has 0 aliphatic rings. The second-order valence-corrected chi connectivity index (χ2v) is 5.65. The van der Waals surface area contributed by atoms with Crippen molar-refractivity contribution in [2.24, 2.45) is 5.73 Å². The highest BCUT2D eigenvalue weighted by Crippen LogP contribution is 2.08. The van der Waals surface area contributed by atoms with Crippen LogP contribution in [0.4, 0.5) is 0 Å². The number of hydrogen-bond acceptors (Lipinski definition) is 2. The van der Waals surface area contributed by atoms with Crippen molar-refractivity contribution in [3.05, 3.63) is 24.3 Å². The van der Waals surface area contributed by atoms with E-state index in [0.717, 1.165) is 32.1 Å². The van der Waals surface area contributed by atoms with Crippen molar-refractivity contribution in [1.82, 2.24) is 0 Å². The van der Waals surface area contributed by atoms with E-state index in [4.69, 9.17) is 5.73 Å². The van der Waals surface area contributed by atoms with Gasteiger partial charge in [0.2, 0.25) is 5.91 Å². The zero-order valence-corrected chi connectivity index (χ0v) is 13.6. The van der Waals surface area contributed by atoms with Gasteiger partial charge in [0.25, 0.3) is 0 Å². The maximum atomic E-state index is 10.5. The van der Waals surface area contributed by atoms with Gasteiger partial charge < -0.3 is 10.8 Å². The average molecular weight is 295 g/mol. The van der Waals surface area contributed by atoms with Crippen molar-refractivity contribution in [2.75, 3.05) is 0 Å². The molecule has 1 amide bonds. The van der Waals surface area contributed by atoms with Gasteiger partial charge in [-0.05, 0) is 25.7 Å². The highest BCUT2D eigenvalue weighted by Gasteiger charge is 1.96. The molecule has 1 atom stereocenters. The van der Waals surface area contributed by atoms with Gasteiger partial charge in [-0.25, -0.2) is 0 Å². The number of primary amides is 1. The standard InChI is InChI=1S/C18H33NO2/c1-2-3-11-14-17(20)15-12-9-7-5-4-6-8-10-13-16-18(19)21/h7,9,12,15,17,20H,2-6,8,10-11,13-14,16H2,1H3,(H2,19,21)/b9-7-,15-12+/t17-/m0/s1. The lowest BCUT2D eigenvalue weighted by Crippen LogP contribution is -2.09. The third kappa shape index (κ3) is 16.9. The maximum absolute atomic E-state index is 10.5. The highest BCUT2D eigenvalue weighted by atomic mass is 16.3. The first kappa shape index (κ1) is 19.9. The molecular weight excluding hydrogens is 262 g/mol. The summed E-state index contributed by atoms with van der Waals surface area (Å²) < 4.78 is 0. The summed E-state index contributed by atoms with van der Waals surface area (Å²) in [5, 5.41) is 9.68. The first-order chi connectivity index (χ1) is 10.2. The minimum Gasteiger partial charge on any atom is -0.389 e. The largest absolute Gasteiger partial charge is 0.389 e. The van der Waals surface area contributed by atoms with Gasteiger partial charge in [-0.1, -0.05) is 69.8 Å². The third-order valence-electron chi connectivity index (χ3n) is 3.48. The fourth-order valence-electron chi connectivity index (χ4n) is 2.16. The molecule has 0 unspecified atom stereocenters. The monoisotopic (exact) mass is 295 g/mol. The summed E-state index contributed by atoms with van der Waals surface area (Å²) in [6.45, 7) is 2.17. The molecule has 0 bridgehead atoms. The zero-order valence-electron chi connectivity index (χ0n) is 13.6. The van der Waals surface area contributed by atoms with Gasteiger partial charge in [-0.2, -0.15) is 0 Å². The van der Waals surface area contributed by atoms with Crippen LogP contribution in [0.2, 0.25) is 0 Å². The van der Waals surface area contributed by atoms with Gasteiger partial charge in [0.05, 0.1) is 6.10 Å². The lowest BCUT2D eigenvalue weighted by atomic mass is 10.1. The van der Waals surface area contributed by atoms with Crippen LogP contribution in [0.3, 0.4) is 0 Å². The predicted octanol–water partition coefficient (Wildman–Crippen LogP) is 4.26. The molecule has 0 spiro atoms. The lowest BCUT2D eigenvalue weighted by molar-refractivity contribution is -0.118. The SMILES string of the molecule is CCCCC[C@H](O)/C=C/C=C\CCCCCCCC(N)=O. The van der Waals surface area contributed by atoms with Gasteiger partial charge in [0.15, 0.2) is 0 Å². The summed E-state index contributed by atoms with van der Waals surface area (Å²) in [5.74, 6) is -0.193. The van der Waals surface area contributed by atoms with Crippen LogP contribution in [0.1, 0.15) is 77.6 Å². The summed E-state index contributed by atoms with van der Waals surface area (Å²) in [6.07, 6.45) is 19.2. The van der Waals surface area contributed by atoms with Crippen molar-refractivity contribution in [2.45, 2.75) is 83.7 Å². The molecular formula is C18H33NO2. The first-order valence-corrected chi connectivity index (χ1v) is 8.46. The van der Waals surface area contributed by atoms with Crippen LogP contribution in [0.15, 0.2) is 24.3 Å². The number of aliphatic hydroxyl groups is 1. The van der Waals surface area contributed by atoms with E-state index in [1.165, 1.54) is 32.1 Å². The topological polar surface area (TPSA) is 63.3 Å². The molecule has 0 aliphatic heterocycles. The summed E-state index contributed by atoms with van der Waals surface area (Å²) in [6, 6.07) is 0. The Kier molecular flexibility index (Phi) is 14.5. The van der Waals surface area contributed by atoms with Crippen LogP contribution in [-0.4, -0.2) is 17.1 Å². The number of rotatable bonds is 14. The molecule has 0 rings (SSSR count). The molecule has 0 saturated carbocycles. The van der Waals surface area contributed by atoms with Crippen LogP contribution in [0.25, 0.3) is 0 Å². The molecule has 0 aromatic heterocycles. The Morgan fingerprint density at radius 2 is 1.76 bits per heavy atom. The number of amides is 1. The second kappa shape index (κ2) is 15.3. The lowest BCUT2D eigenvalue weighted by Gasteiger charge is -2.03. The van der Waals surface area contributed by atoms with Gasteiger partial charge in [-0.3, -0.25) is 4.79 Å². The number of carbonyl (C=O) groups excluding carboxylic acids is 1. The Bertz CT molecular complexity index is 298. The summed E-state index contributed by atoms with van der Waals surface area (Å²) in [4.78, 5) is 10.5. The Hall–Kier alpha value is -1.09. The third-order valence-corrected chi connectivity index (χ3v) is 3.48. The highest BCUT2D eigenvalue weighted by molar-refractivity contribution is 5.73. The number of nitrogens with two attached hydrogens (primary N) is 1. The molecule has 3 N–H and O–H groups in total. The molecule has 0 radical (unpaired) electrons. The normalized spacial score (nSPS) is 13.2. The van der Waals surface area contributed by atoms with Gasteiger partial charge in [-0.15, -0.1) is 0 Å². The first-order valence-electron chi connectivity index (χ1n) is 8.46. The molecule has 122 valence electrons. The van der Waals surface area contributed by atoms with Crippen LogP contribution >= 0.6 is 0 Å². The smallest absolute Gasteiger partial charge is 0.217 e. The quantitative estimate of drug-likeness (QED) is 0.371. The van der Waals surface area contributed by atoms with Crippen LogP contribution in [0.5, 0.6) is 0 Å². The molecule has 0 aliphatic carbocycles. The van der Waals surface area contributed by atoms with E-state index >= 15 is 0 Å². The molecule has 3 heteroatoms. The number of allylic oxidation sites excluding steroid dienone is 3. The molecule has 0 fully saturated rings.